The van der Waals surface area contributed by atoms with Gasteiger partial charge in [-0.15, -0.1) is 0 Å². The number of fused-ring (bicyclic) bond motifs is 1. The Morgan fingerprint density at radius 3 is 2.71 bits per heavy atom. The van der Waals surface area contributed by atoms with Crippen LogP contribution in [-0.2, 0) is 6.54 Å². The molecule has 0 spiro atoms. The van der Waals surface area contributed by atoms with E-state index in [1.54, 1.807) is 7.11 Å². The molecule has 1 aliphatic rings. The van der Waals surface area contributed by atoms with Crippen molar-refractivity contribution in [1.82, 2.24) is 20.7 Å². The fourth-order valence-corrected chi connectivity index (χ4v) is 3.89. The maximum atomic E-state index is 12.5. The lowest BCUT2D eigenvalue weighted by atomic mass is 10.1. The van der Waals surface area contributed by atoms with Gasteiger partial charge < -0.3 is 14.6 Å². The molecule has 1 aromatic heterocycles. The van der Waals surface area contributed by atoms with Gasteiger partial charge in [0.2, 0.25) is 0 Å². The summed E-state index contributed by atoms with van der Waals surface area (Å²) in [4.78, 5) is 12.5. The number of nitrogens with zero attached hydrogens (tertiary/aromatic N) is 1. The lowest BCUT2D eigenvalue weighted by molar-refractivity contribution is 0.0932. The molecule has 0 bridgehead atoms. The Bertz CT molecular complexity index is 994. The molecule has 3 aromatic rings. The van der Waals surface area contributed by atoms with Crippen LogP contribution in [0.5, 0.6) is 5.75 Å². The van der Waals surface area contributed by atoms with Crippen LogP contribution in [0, 0.1) is 6.92 Å². The Kier molecular flexibility index (Phi) is 5.07. The Labute approximate surface area is 164 Å². The van der Waals surface area contributed by atoms with Crippen molar-refractivity contribution in [1.29, 1.82) is 0 Å². The Morgan fingerprint density at radius 1 is 1.21 bits per heavy atom. The van der Waals surface area contributed by atoms with Crippen LogP contribution in [0.2, 0.25) is 0 Å². The average molecular weight is 378 g/mol. The Morgan fingerprint density at radius 2 is 2.00 bits per heavy atom. The Hall–Kier alpha value is -2.83. The highest BCUT2D eigenvalue weighted by atomic mass is 16.5. The summed E-state index contributed by atoms with van der Waals surface area (Å²) >= 11 is 0. The van der Waals surface area contributed by atoms with E-state index >= 15 is 0 Å². The highest BCUT2D eigenvalue weighted by Gasteiger charge is 2.29. The van der Waals surface area contributed by atoms with Crippen molar-refractivity contribution in [2.75, 3.05) is 7.11 Å². The molecule has 0 aliphatic carbocycles. The van der Waals surface area contributed by atoms with Crippen molar-refractivity contribution in [2.45, 2.75) is 39.0 Å². The molecule has 3 N–H and O–H groups in total. The summed E-state index contributed by atoms with van der Waals surface area (Å²) in [5, 5.41) is 4.17. The maximum Gasteiger partial charge on any atom is 0.252 e. The van der Waals surface area contributed by atoms with E-state index in [1.165, 1.54) is 5.69 Å². The quantitative estimate of drug-likeness (QED) is 0.637. The SMILES string of the molecule is CCn1c(C2CC(NC(=O)c3ccc(C)cc3)NN2)cc2c(OC)cccc21. The fraction of sp³-hybridized carbons (Fsp3) is 0.318. The number of nitrogens with one attached hydrogen (secondary N) is 3. The summed E-state index contributed by atoms with van der Waals surface area (Å²) < 4.78 is 7.82. The third-order valence-corrected chi connectivity index (χ3v) is 5.35. The van der Waals surface area contributed by atoms with Gasteiger partial charge in [-0.05, 0) is 44.2 Å². The molecule has 1 amide bonds. The summed E-state index contributed by atoms with van der Waals surface area (Å²) in [6.45, 7) is 5.02. The lowest BCUT2D eigenvalue weighted by Gasteiger charge is -2.14. The summed E-state index contributed by atoms with van der Waals surface area (Å²) in [5.41, 5.74) is 10.7. The van der Waals surface area contributed by atoms with Gasteiger partial charge in [-0.2, -0.15) is 0 Å². The van der Waals surface area contributed by atoms with E-state index in [-0.39, 0.29) is 18.1 Å². The molecule has 1 saturated heterocycles. The third kappa shape index (κ3) is 3.37. The predicted molar refractivity (Wildman–Crippen MR) is 110 cm³/mol. The first-order valence-electron chi connectivity index (χ1n) is 9.65. The number of carbonyl (C=O) groups is 1. The normalized spacial score (nSPS) is 19.1. The molecule has 1 fully saturated rings. The molecule has 1 aliphatic heterocycles. The highest BCUT2D eigenvalue weighted by Crippen LogP contribution is 2.33. The van der Waals surface area contributed by atoms with Crippen molar-refractivity contribution in [3.8, 4) is 5.75 Å². The second kappa shape index (κ2) is 7.66. The molecule has 6 nitrogen and oxygen atoms in total. The maximum absolute atomic E-state index is 12.5. The van der Waals surface area contributed by atoms with Gasteiger partial charge in [-0.3, -0.25) is 4.79 Å². The standard InChI is InChI=1S/C22H26N4O2/c1-4-26-18-6-5-7-20(28-3)16(18)12-19(26)17-13-21(25-24-17)23-22(27)15-10-8-14(2)9-11-15/h5-12,17,21,24-25H,4,13H2,1-3H3,(H,23,27). The monoisotopic (exact) mass is 378 g/mol. The smallest absolute Gasteiger partial charge is 0.252 e. The minimum atomic E-state index is -0.135. The van der Waals surface area contributed by atoms with Gasteiger partial charge in [0.15, 0.2) is 0 Å². The molecule has 6 heteroatoms. The van der Waals surface area contributed by atoms with E-state index in [4.69, 9.17) is 4.74 Å². The first-order chi connectivity index (χ1) is 13.6. The summed E-state index contributed by atoms with van der Waals surface area (Å²) in [7, 11) is 1.70. The van der Waals surface area contributed by atoms with Crippen molar-refractivity contribution in [3.05, 3.63) is 65.4 Å². The van der Waals surface area contributed by atoms with Gasteiger partial charge >= 0.3 is 0 Å². The molecule has 146 valence electrons. The van der Waals surface area contributed by atoms with Gasteiger partial charge in [0.25, 0.3) is 5.91 Å². The molecule has 2 heterocycles. The number of aromatic nitrogens is 1. The second-order valence-electron chi connectivity index (χ2n) is 7.18. The summed E-state index contributed by atoms with van der Waals surface area (Å²) in [5.74, 6) is 0.804. The van der Waals surface area contributed by atoms with Gasteiger partial charge in [0.1, 0.15) is 5.75 Å². The zero-order valence-electron chi connectivity index (χ0n) is 16.5. The number of hydrogen-bond donors (Lipinski definition) is 3. The number of hydrogen-bond acceptors (Lipinski definition) is 4. The van der Waals surface area contributed by atoms with E-state index in [9.17, 15) is 4.79 Å². The molecule has 0 saturated carbocycles. The largest absolute Gasteiger partial charge is 0.496 e. The molecular weight excluding hydrogens is 352 g/mol. The van der Waals surface area contributed by atoms with Crippen LogP contribution in [0.3, 0.4) is 0 Å². The zero-order valence-corrected chi connectivity index (χ0v) is 16.5. The van der Waals surface area contributed by atoms with Crippen molar-refractivity contribution < 1.29 is 9.53 Å². The number of amides is 1. The van der Waals surface area contributed by atoms with Crippen LogP contribution in [0.1, 0.15) is 41.0 Å². The first-order valence-corrected chi connectivity index (χ1v) is 9.65. The van der Waals surface area contributed by atoms with E-state index < -0.39 is 0 Å². The van der Waals surface area contributed by atoms with Crippen LogP contribution in [0.25, 0.3) is 10.9 Å². The number of aryl methyl sites for hydroxylation is 2. The number of benzene rings is 2. The van der Waals surface area contributed by atoms with Crippen LogP contribution >= 0.6 is 0 Å². The van der Waals surface area contributed by atoms with Crippen molar-refractivity contribution >= 4 is 16.8 Å². The Balaban J connectivity index is 1.52. The number of rotatable bonds is 5. The van der Waals surface area contributed by atoms with Crippen LogP contribution in [0.4, 0.5) is 0 Å². The minimum absolute atomic E-state index is 0.0716. The van der Waals surface area contributed by atoms with E-state index in [0.29, 0.717) is 5.56 Å². The fourth-order valence-electron chi connectivity index (χ4n) is 3.89. The lowest BCUT2D eigenvalue weighted by Crippen LogP contribution is -2.44. The minimum Gasteiger partial charge on any atom is -0.496 e. The summed E-state index contributed by atoms with van der Waals surface area (Å²) in [6.07, 6.45) is 0.625. The molecule has 2 aromatic carbocycles. The number of carbonyl (C=O) groups excluding carboxylic acids is 1. The van der Waals surface area contributed by atoms with E-state index in [0.717, 1.165) is 35.2 Å². The molecular formula is C22H26N4O2. The van der Waals surface area contributed by atoms with Crippen molar-refractivity contribution in [2.24, 2.45) is 0 Å². The third-order valence-electron chi connectivity index (χ3n) is 5.35. The zero-order chi connectivity index (χ0) is 19.7. The first kappa shape index (κ1) is 18.5. The number of methoxy groups -OCH3 is 1. The molecule has 2 atom stereocenters. The molecule has 4 rings (SSSR count). The van der Waals surface area contributed by atoms with Crippen molar-refractivity contribution in [3.63, 3.8) is 0 Å². The summed E-state index contributed by atoms with van der Waals surface area (Å²) in [6, 6.07) is 16.0. The predicted octanol–water partition coefficient (Wildman–Crippen LogP) is 3.27. The molecule has 28 heavy (non-hydrogen) atoms. The topological polar surface area (TPSA) is 67.3 Å². The van der Waals surface area contributed by atoms with Gasteiger partial charge in [-0.25, -0.2) is 10.9 Å². The molecule has 0 radical (unpaired) electrons. The van der Waals surface area contributed by atoms with Crippen LogP contribution in [-0.4, -0.2) is 23.7 Å². The van der Waals surface area contributed by atoms with E-state index in [1.807, 2.05) is 43.3 Å². The number of ether oxygens (including phenoxy) is 1. The number of hydrazine groups is 1. The van der Waals surface area contributed by atoms with E-state index in [2.05, 4.69) is 39.8 Å². The molecule has 2 unspecified atom stereocenters. The van der Waals surface area contributed by atoms with Gasteiger partial charge in [-0.1, -0.05) is 23.8 Å². The second-order valence-corrected chi connectivity index (χ2v) is 7.18. The van der Waals surface area contributed by atoms with Gasteiger partial charge in [0.05, 0.1) is 24.8 Å². The van der Waals surface area contributed by atoms with Crippen LogP contribution in [0.15, 0.2) is 48.5 Å². The van der Waals surface area contributed by atoms with Crippen LogP contribution < -0.4 is 20.9 Å². The highest BCUT2D eigenvalue weighted by molar-refractivity contribution is 5.94. The average Bonchev–Trinajstić information content (AvgIpc) is 3.32. The van der Waals surface area contributed by atoms with Gasteiger partial charge in [0, 0.05) is 29.6 Å².